The van der Waals surface area contributed by atoms with Crippen molar-refractivity contribution >= 4 is 41.5 Å². The van der Waals surface area contributed by atoms with Gasteiger partial charge in [0.2, 0.25) is 5.91 Å². The summed E-state index contributed by atoms with van der Waals surface area (Å²) in [5.74, 6) is 0.977. The lowest BCUT2D eigenvalue weighted by Gasteiger charge is -2.16. The van der Waals surface area contributed by atoms with Crippen LogP contribution in [0.25, 0.3) is 0 Å². The van der Waals surface area contributed by atoms with Crippen LogP contribution in [0.15, 0.2) is 29.3 Å². The van der Waals surface area contributed by atoms with E-state index in [-0.39, 0.29) is 29.9 Å². The first-order valence-corrected chi connectivity index (χ1v) is 11.0. The molecule has 0 spiro atoms. The number of methoxy groups -OCH3 is 1. The largest absolute Gasteiger partial charge is 0.383 e. The van der Waals surface area contributed by atoms with Crippen molar-refractivity contribution in [2.75, 3.05) is 31.7 Å². The molecule has 1 saturated heterocycles. The highest BCUT2D eigenvalue weighted by Gasteiger charge is 2.21. The van der Waals surface area contributed by atoms with Crippen LogP contribution in [0.4, 0.5) is 5.69 Å². The van der Waals surface area contributed by atoms with Gasteiger partial charge < -0.3 is 20.3 Å². The van der Waals surface area contributed by atoms with Gasteiger partial charge in [-0.3, -0.25) is 9.48 Å². The minimum absolute atomic E-state index is 0. The van der Waals surface area contributed by atoms with E-state index in [0.717, 1.165) is 54.7 Å². The van der Waals surface area contributed by atoms with Gasteiger partial charge in [-0.15, -0.1) is 24.0 Å². The smallest absolute Gasteiger partial charge is 0.227 e. The number of carbonyl (C=O) groups is 1. The predicted molar refractivity (Wildman–Crippen MR) is 139 cm³/mol. The first-order valence-electron chi connectivity index (χ1n) is 11.0. The number of rotatable bonds is 9. The number of benzene rings is 1. The lowest BCUT2D eigenvalue weighted by atomic mass is 10.2. The Morgan fingerprint density at radius 2 is 1.97 bits per heavy atom. The molecule has 2 aromatic rings. The molecular formula is C23H35IN6O2. The summed E-state index contributed by atoms with van der Waals surface area (Å²) < 4.78 is 7.16. The van der Waals surface area contributed by atoms with Gasteiger partial charge in [0.05, 0.1) is 25.4 Å². The third kappa shape index (κ3) is 6.68. The van der Waals surface area contributed by atoms with Crippen molar-refractivity contribution in [3.63, 3.8) is 0 Å². The van der Waals surface area contributed by atoms with Gasteiger partial charge in [0.1, 0.15) is 0 Å². The lowest BCUT2D eigenvalue weighted by Crippen LogP contribution is -2.37. The average Bonchev–Trinajstić information content (AvgIpc) is 3.31. The number of guanidine groups is 1. The maximum absolute atomic E-state index is 11.9. The second-order valence-corrected chi connectivity index (χ2v) is 7.73. The Hall–Kier alpha value is -2.14. The van der Waals surface area contributed by atoms with Crippen molar-refractivity contribution in [3.05, 3.63) is 46.8 Å². The van der Waals surface area contributed by atoms with Crippen LogP contribution in [0.2, 0.25) is 0 Å². The molecule has 3 rings (SSSR count). The monoisotopic (exact) mass is 554 g/mol. The zero-order valence-electron chi connectivity index (χ0n) is 19.5. The highest BCUT2D eigenvalue weighted by Crippen LogP contribution is 2.21. The molecule has 0 radical (unpaired) electrons. The number of nitrogens with one attached hydrogen (secondary N) is 2. The molecule has 2 heterocycles. The van der Waals surface area contributed by atoms with Gasteiger partial charge in [0.15, 0.2) is 5.96 Å². The maximum Gasteiger partial charge on any atom is 0.227 e. The van der Waals surface area contributed by atoms with Gasteiger partial charge in [0, 0.05) is 50.1 Å². The number of ether oxygens (including phenoxy) is 1. The third-order valence-corrected chi connectivity index (χ3v) is 5.56. The Labute approximate surface area is 207 Å². The molecule has 0 aliphatic carbocycles. The number of anilines is 1. The molecule has 0 atom stereocenters. The molecule has 1 fully saturated rings. The van der Waals surface area contributed by atoms with E-state index >= 15 is 0 Å². The summed E-state index contributed by atoms with van der Waals surface area (Å²) in [7, 11) is 1.70. The SMILES string of the molecule is CCNC(=NCc1ccc(N2CCCC2=O)cc1)NCc1c(C)nn(CCOC)c1C.I. The number of nitrogens with zero attached hydrogens (tertiary/aromatic N) is 4. The van der Waals surface area contributed by atoms with Crippen LogP contribution in [-0.4, -0.2) is 48.5 Å². The molecule has 9 heteroatoms. The molecule has 2 N–H and O–H groups in total. The van der Waals surface area contributed by atoms with E-state index in [9.17, 15) is 4.79 Å². The van der Waals surface area contributed by atoms with Crippen LogP contribution >= 0.6 is 24.0 Å². The van der Waals surface area contributed by atoms with Gasteiger partial charge in [-0.1, -0.05) is 12.1 Å². The molecular weight excluding hydrogens is 519 g/mol. The second kappa shape index (κ2) is 12.8. The number of aryl methyl sites for hydroxylation is 1. The van der Waals surface area contributed by atoms with Crippen molar-refractivity contribution in [2.45, 2.75) is 53.2 Å². The molecule has 1 aliphatic heterocycles. The summed E-state index contributed by atoms with van der Waals surface area (Å²) in [4.78, 5) is 18.5. The predicted octanol–water partition coefficient (Wildman–Crippen LogP) is 3.15. The number of halogens is 1. The normalized spacial score (nSPS) is 13.9. The zero-order chi connectivity index (χ0) is 22.2. The summed E-state index contributed by atoms with van der Waals surface area (Å²) in [6, 6.07) is 8.11. The summed E-state index contributed by atoms with van der Waals surface area (Å²) in [6.45, 7) is 10.4. The fraction of sp³-hybridized carbons (Fsp3) is 0.522. The van der Waals surface area contributed by atoms with Gasteiger partial charge in [-0.2, -0.15) is 5.10 Å². The average molecular weight is 554 g/mol. The Bertz CT molecular complexity index is 910. The third-order valence-electron chi connectivity index (χ3n) is 5.56. The number of aliphatic imine (C=N–C) groups is 1. The quantitative estimate of drug-likeness (QED) is 0.283. The summed E-state index contributed by atoms with van der Waals surface area (Å²) in [5.41, 5.74) is 5.42. The van der Waals surface area contributed by atoms with Gasteiger partial charge in [0.25, 0.3) is 0 Å². The maximum atomic E-state index is 11.9. The molecule has 0 saturated carbocycles. The minimum Gasteiger partial charge on any atom is -0.383 e. The van der Waals surface area contributed by atoms with E-state index in [1.807, 2.05) is 40.8 Å². The standard InChI is InChI=1S/C23H34N6O2.HI/c1-5-24-23(26-16-21-17(2)27-29(18(21)3)13-14-31-4)25-15-19-8-10-20(11-9-19)28-12-6-7-22(28)30;/h8-11H,5-7,12-16H2,1-4H3,(H2,24,25,26);1H. The van der Waals surface area contributed by atoms with Crippen LogP contribution in [-0.2, 0) is 29.2 Å². The van der Waals surface area contributed by atoms with Gasteiger partial charge in [-0.25, -0.2) is 4.99 Å². The molecule has 1 amide bonds. The Morgan fingerprint density at radius 1 is 1.22 bits per heavy atom. The molecule has 176 valence electrons. The van der Waals surface area contributed by atoms with Crippen LogP contribution in [0.3, 0.4) is 0 Å². The van der Waals surface area contributed by atoms with E-state index < -0.39 is 0 Å². The van der Waals surface area contributed by atoms with Crippen molar-refractivity contribution in [1.82, 2.24) is 20.4 Å². The molecule has 32 heavy (non-hydrogen) atoms. The molecule has 0 unspecified atom stereocenters. The number of hydrogen-bond donors (Lipinski definition) is 2. The molecule has 1 aromatic heterocycles. The van der Waals surface area contributed by atoms with Crippen molar-refractivity contribution < 1.29 is 9.53 Å². The highest BCUT2D eigenvalue weighted by molar-refractivity contribution is 14.0. The summed E-state index contributed by atoms with van der Waals surface area (Å²) >= 11 is 0. The lowest BCUT2D eigenvalue weighted by molar-refractivity contribution is -0.117. The summed E-state index contributed by atoms with van der Waals surface area (Å²) in [6.07, 6.45) is 1.58. The van der Waals surface area contributed by atoms with Gasteiger partial charge in [-0.05, 0) is 44.9 Å². The number of hydrogen-bond acceptors (Lipinski definition) is 4. The van der Waals surface area contributed by atoms with E-state index in [1.54, 1.807) is 7.11 Å². The molecule has 8 nitrogen and oxygen atoms in total. The molecule has 0 bridgehead atoms. The highest BCUT2D eigenvalue weighted by atomic mass is 127. The van der Waals surface area contributed by atoms with Crippen molar-refractivity contribution in [3.8, 4) is 0 Å². The van der Waals surface area contributed by atoms with Crippen molar-refractivity contribution in [2.24, 2.45) is 4.99 Å². The van der Waals surface area contributed by atoms with Crippen LogP contribution in [0.5, 0.6) is 0 Å². The van der Waals surface area contributed by atoms with Crippen molar-refractivity contribution in [1.29, 1.82) is 0 Å². The fourth-order valence-corrected chi connectivity index (χ4v) is 3.77. The Morgan fingerprint density at radius 3 is 2.59 bits per heavy atom. The Balaban J connectivity index is 0.00000363. The van der Waals surface area contributed by atoms with Gasteiger partial charge >= 0.3 is 0 Å². The number of amides is 1. The van der Waals surface area contributed by atoms with Crippen LogP contribution < -0.4 is 15.5 Å². The second-order valence-electron chi connectivity index (χ2n) is 7.73. The first kappa shape index (κ1) is 26.1. The minimum atomic E-state index is 0. The van der Waals surface area contributed by atoms with E-state index in [2.05, 4.69) is 29.6 Å². The Kier molecular flexibility index (Phi) is 10.4. The molecule has 1 aliphatic rings. The van der Waals surface area contributed by atoms with Crippen LogP contribution in [0, 0.1) is 13.8 Å². The zero-order valence-corrected chi connectivity index (χ0v) is 21.8. The molecule has 1 aromatic carbocycles. The number of carbonyl (C=O) groups excluding carboxylic acids is 1. The van der Waals surface area contributed by atoms with E-state index in [1.165, 1.54) is 5.56 Å². The first-order chi connectivity index (χ1) is 15.0. The topological polar surface area (TPSA) is 83.8 Å². The van der Waals surface area contributed by atoms with E-state index in [0.29, 0.717) is 26.1 Å². The number of aromatic nitrogens is 2. The fourth-order valence-electron chi connectivity index (χ4n) is 3.77. The van der Waals surface area contributed by atoms with Crippen LogP contribution in [0.1, 0.15) is 42.3 Å². The van der Waals surface area contributed by atoms with E-state index in [4.69, 9.17) is 9.73 Å². The summed E-state index contributed by atoms with van der Waals surface area (Å²) in [5, 5.41) is 11.3.